The van der Waals surface area contributed by atoms with Crippen molar-refractivity contribution in [1.82, 2.24) is 10.6 Å². The van der Waals surface area contributed by atoms with Gasteiger partial charge in [0, 0.05) is 23.4 Å². The molecule has 0 saturated carbocycles. The van der Waals surface area contributed by atoms with E-state index in [9.17, 15) is 0 Å². The minimum Gasteiger partial charge on any atom is -0.357 e. The number of nitrogens with zero attached hydrogens (tertiary/aromatic N) is 1. The molecular weight excluding hydrogens is 425 g/mol. The van der Waals surface area contributed by atoms with Crippen molar-refractivity contribution in [2.24, 2.45) is 4.99 Å². The number of aliphatic imine (C=N–C) groups is 1. The fourth-order valence-electron chi connectivity index (χ4n) is 1.94. The minimum atomic E-state index is 0. The number of rotatable bonds is 9. The molecule has 0 fully saturated rings. The van der Waals surface area contributed by atoms with Crippen LogP contribution in [0.4, 0.5) is 0 Å². The van der Waals surface area contributed by atoms with E-state index in [1.54, 1.807) is 0 Å². The van der Waals surface area contributed by atoms with Crippen LogP contribution in [0, 0.1) is 0 Å². The van der Waals surface area contributed by atoms with Crippen LogP contribution in [-0.2, 0) is 5.41 Å². The number of guanidine groups is 1. The van der Waals surface area contributed by atoms with E-state index < -0.39 is 0 Å². The first kappa shape index (κ1) is 22.1. The molecule has 0 aromatic carbocycles. The molecule has 0 aliphatic heterocycles. The van der Waals surface area contributed by atoms with Crippen LogP contribution in [0.3, 0.4) is 0 Å². The third-order valence-electron chi connectivity index (χ3n) is 3.23. The van der Waals surface area contributed by atoms with Gasteiger partial charge in [-0.05, 0) is 43.2 Å². The summed E-state index contributed by atoms with van der Waals surface area (Å²) in [6.07, 6.45) is 4.61. The van der Waals surface area contributed by atoms with Gasteiger partial charge in [-0.1, -0.05) is 19.9 Å². The van der Waals surface area contributed by atoms with Gasteiger partial charge in [-0.15, -0.1) is 35.3 Å². The second kappa shape index (κ2) is 12.5. The van der Waals surface area contributed by atoms with Gasteiger partial charge >= 0.3 is 0 Å². The number of thioether (sulfide) groups is 1. The highest BCUT2D eigenvalue weighted by atomic mass is 127. The summed E-state index contributed by atoms with van der Waals surface area (Å²) in [7, 11) is 0. The van der Waals surface area contributed by atoms with Gasteiger partial charge in [0.25, 0.3) is 0 Å². The van der Waals surface area contributed by atoms with E-state index in [-0.39, 0.29) is 29.4 Å². The Morgan fingerprint density at radius 2 is 2.09 bits per heavy atom. The standard InChI is InChI=1S/C16H29N3S2.HI/c1-5-17-15(18-10-6-7-11-20-4)19-13-16(2,3)14-9-8-12-21-14;/h8-9,12H,5-7,10-11,13H2,1-4H3,(H2,17,18,19);1H. The Hall–Kier alpha value is 0.0500. The van der Waals surface area contributed by atoms with Crippen LogP contribution in [0.1, 0.15) is 38.5 Å². The van der Waals surface area contributed by atoms with Gasteiger partial charge in [0.05, 0.1) is 6.54 Å². The summed E-state index contributed by atoms with van der Waals surface area (Å²) in [6.45, 7) is 9.31. The molecule has 3 nitrogen and oxygen atoms in total. The fourth-order valence-corrected chi connectivity index (χ4v) is 3.28. The van der Waals surface area contributed by atoms with Gasteiger partial charge in [0.1, 0.15) is 0 Å². The highest BCUT2D eigenvalue weighted by molar-refractivity contribution is 14.0. The molecule has 1 rings (SSSR count). The summed E-state index contributed by atoms with van der Waals surface area (Å²) < 4.78 is 0. The molecule has 22 heavy (non-hydrogen) atoms. The molecule has 0 aliphatic carbocycles. The highest BCUT2D eigenvalue weighted by Gasteiger charge is 2.21. The summed E-state index contributed by atoms with van der Waals surface area (Å²) in [5, 5.41) is 8.89. The zero-order valence-electron chi connectivity index (χ0n) is 14.1. The molecule has 0 radical (unpaired) electrons. The monoisotopic (exact) mass is 455 g/mol. The van der Waals surface area contributed by atoms with Crippen molar-refractivity contribution in [2.75, 3.05) is 31.6 Å². The van der Waals surface area contributed by atoms with Crippen LogP contribution in [0.5, 0.6) is 0 Å². The Labute approximate surface area is 161 Å². The fraction of sp³-hybridized carbons (Fsp3) is 0.688. The number of nitrogens with one attached hydrogen (secondary N) is 2. The predicted octanol–water partition coefficient (Wildman–Crippen LogP) is 4.34. The van der Waals surface area contributed by atoms with Gasteiger partial charge < -0.3 is 10.6 Å². The Kier molecular flexibility index (Phi) is 12.5. The molecule has 0 unspecified atom stereocenters. The molecular formula is C16H30IN3S2. The van der Waals surface area contributed by atoms with Crippen LogP contribution in [0.2, 0.25) is 0 Å². The molecule has 2 N–H and O–H groups in total. The lowest BCUT2D eigenvalue weighted by Gasteiger charge is -2.21. The van der Waals surface area contributed by atoms with E-state index in [2.05, 4.69) is 55.2 Å². The first-order valence-electron chi connectivity index (χ1n) is 7.65. The lowest BCUT2D eigenvalue weighted by atomic mass is 9.92. The number of unbranched alkanes of at least 4 members (excludes halogenated alkanes) is 1. The van der Waals surface area contributed by atoms with Crippen LogP contribution in [0.15, 0.2) is 22.5 Å². The van der Waals surface area contributed by atoms with Crippen molar-refractivity contribution in [3.8, 4) is 0 Å². The highest BCUT2D eigenvalue weighted by Crippen LogP contribution is 2.27. The van der Waals surface area contributed by atoms with Crippen LogP contribution in [-0.4, -0.2) is 37.6 Å². The Morgan fingerprint density at radius 3 is 2.68 bits per heavy atom. The first-order valence-corrected chi connectivity index (χ1v) is 9.92. The van der Waals surface area contributed by atoms with Crippen molar-refractivity contribution in [2.45, 2.75) is 39.0 Å². The van der Waals surface area contributed by atoms with Crippen LogP contribution < -0.4 is 10.6 Å². The number of hydrogen-bond donors (Lipinski definition) is 2. The minimum absolute atomic E-state index is 0. The van der Waals surface area contributed by atoms with Gasteiger partial charge in [0.15, 0.2) is 5.96 Å². The van der Waals surface area contributed by atoms with Crippen LogP contribution >= 0.6 is 47.1 Å². The lowest BCUT2D eigenvalue weighted by molar-refractivity contribution is 0.548. The predicted molar refractivity (Wildman–Crippen MR) is 114 cm³/mol. The molecule has 6 heteroatoms. The maximum Gasteiger partial charge on any atom is 0.191 e. The van der Waals surface area contributed by atoms with Crippen molar-refractivity contribution in [3.63, 3.8) is 0 Å². The SMILES string of the molecule is CCNC(=NCC(C)(C)c1cccs1)NCCCCSC.I. The maximum atomic E-state index is 4.75. The average molecular weight is 455 g/mol. The van der Waals surface area contributed by atoms with Gasteiger partial charge in [-0.3, -0.25) is 4.99 Å². The van der Waals surface area contributed by atoms with Crippen molar-refractivity contribution < 1.29 is 0 Å². The average Bonchev–Trinajstić information content (AvgIpc) is 2.99. The third kappa shape index (κ3) is 8.62. The summed E-state index contributed by atoms with van der Waals surface area (Å²) >= 11 is 3.72. The summed E-state index contributed by atoms with van der Waals surface area (Å²) in [4.78, 5) is 6.15. The molecule has 1 aromatic rings. The molecule has 0 bridgehead atoms. The van der Waals surface area contributed by atoms with Crippen molar-refractivity contribution in [1.29, 1.82) is 0 Å². The molecule has 128 valence electrons. The molecule has 1 heterocycles. The second-order valence-electron chi connectivity index (χ2n) is 5.68. The molecule has 0 aliphatic rings. The van der Waals surface area contributed by atoms with E-state index in [1.165, 1.54) is 23.5 Å². The first-order chi connectivity index (χ1) is 10.1. The van der Waals surface area contributed by atoms with Gasteiger partial charge in [-0.2, -0.15) is 11.8 Å². The maximum absolute atomic E-state index is 4.75. The largest absolute Gasteiger partial charge is 0.357 e. The summed E-state index contributed by atoms with van der Waals surface area (Å²) in [6, 6.07) is 4.31. The Bertz CT molecular complexity index is 406. The summed E-state index contributed by atoms with van der Waals surface area (Å²) in [5.74, 6) is 2.17. The van der Waals surface area contributed by atoms with Crippen molar-refractivity contribution >= 4 is 53.0 Å². The topological polar surface area (TPSA) is 36.4 Å². The van der Waals surface area contributed by atoms with Gasteiger partial charge in [-0.25, -0.2) is 0 Å². The van der Waals surface area contributed by atoms with E-state index in [0.29, 0.717) is 0 Å². The zero-order valence-corrected chi connectivity index (χ0v) is 18.1. The zero-order chi connectivity index (χ0) is 15.6. The third-order valence-corrected chi connectivity index (χ3v) is 5.17. The van der Waals surface area contributed by atoms with E-state index >= 15 is 0 Å². The van der Waals surface area contributed by atoms with Gasteiger partial charge in [0.2, 0.25) is 0 Å². The smallest absolute Gasteiger partial charge is 0.191 e. The van der Waals surface area contributed by atoms with Crippen LogP contribution in [0.25, 0.3) is 0 Å². The molecule has 0 atom stereocenters. The van der Waals surface area contributed by atoms with E-state index in [4.69, 9.17) is 4.99 Å². The molecule has 1 aromatic heterocycles. The Balaban J connectivity index is 0.00000441. The number of hydrogen-bond acceptors (Lipinski definition) is 3. The molecule has 0 spiro atoms. The van der Waals surface area contributed by atoms with E-state index in [1.807, 2.05) is 23.1 Å². The quantitative estimate of drug-likeness (QED) is 0.252. The Morgan fingerprint density at radius 1 is 1.32 bits per heavy atom. The molecule has 0 amide bonds. The normalized spacial score (nSPS) is 11.9. The molecule has 0 saturated heterocycles. The number of halogens is 1. The van der Waals surface area contributed by atoms with Crippen molar-refractivity contribution in [3.05, 3.63) is 22.4 Å². The second-order valence-corrected chi connectivity index (χ2v) is 7.62. The summed E-state index contributed by atoms with van der Waals surface area (Å²) in [5.41, 5.74) is 0.0926. The van der Waals surface area contributed by atoms with E-state index in [0.717, 1.165) is 25.6 Å². The lowest BCUT2D eigenvalue weighted by Crippen LogP contribution is -2.39. The number of thiophene rings is 1.